The second-order valence-corrected chi connectivity index (χ2v) is 11.0. The summed E-state index contributed by atoms with van der Waals surface area (Å²) < 4.78 is 11.4. The number of hydrogen-bond donors (Lipinski definition) is 1. The van der Waals surface area contributed by atoms with Crippen molar-refractivity contribution in [3.05, 3.63) is 23.9 Å². The molecule has 1 saturated heterocycles. The van der Waals surface area contributed by atoms with Gasteiger partial charge in [-0.1, -0.05) is 22.6 Å². The summed E-state index contributed by atoms with van der Waals surface area (Å²) in [6.45, 7) is 1.13. The fourth-order valence-electron chi connectivity index (χ4n) is 6.59. The smallest absolute Gasteiger partial charge is 0.410 e. The molecular weight excluding hydrogens is 523 g/mol. The van der Waals surface area contributed by atoms with Crippen molar-refractivity contribution in [2.75, 3.05) is 25.5 Å². The van der Waals surface area contributed by atoms with Gasteiger partial charge < -0.3 is 19.7 Å². The third kappa shape index (κ3) is 3.51. The SMILES string of the molecule is COC(=O)C12CC3CC(C1)C(OC(=O)N1CCC(Nc4ncccc4C#N)C1)C(C3)C2I. The zero-order chi connectivity index (χ0) is 22.5. The number of methoxy groups -OCH3 is 1. The highest BCUT2D eigenvalue weighted by Crippen LogP contribution is 2.63. The monoisotopic (exact) mass is 550 g/mol. The second kappa shape index (κ2) is 8.36. The molecule has 9 heteroatoms. The van der Waals surface area contributed by atoms with E-state index in [1.807, 2.05) is 0 Å². The van der Waals surface area contributed by atoms with Crippen molar-refractivity contribution in [1.82, 2.24) is 9.88 Å². The number of halogens is 1. The number of amides is 1. The second-order valence-electron chi connectivity index (χ2n) is 9.65. The summed E-state index contributed by atoms with van der Waals surface area (Å²) in [7, 11) is 1.48. The molecule has 5 aliphatic rings. The minimum Gasteiger partial charge on any atom is -0.469 e. The maximum atomic E-state index is 13.0. The normalized spacial score (nSPS) is 37.1. The minimum absolute atomic E-state index is 0.0305. The molecule has 170 valence electrons. The van der Waals surface area contributed by atoms with Crippen LogP contribution in [0.3, 0.4) is 0 Å². The quantitative estimate of drug-likeness (QED) is 0.348. The molecule has 1 aliphatic heterocycles. The first-order valence-electron chi connectivity index (χ1n) is 11.2. The molecule has 32 heavy (non-hydrogen) atoms. The third-order valence-electron chi connectivity index (χ3n) is 7.86. The number of carbonyl (C=O) groups is 2. The average molecular weight is 550 g/mol. The minimum atomic E-state index is -0.418. The van der Waals surface area contributed by atoms with E-state index in [2.05, 4.69) is 39.0 Å². The molecule has 8 nitrogen and oxygen atoms in total. The molecule has 4 aliphatic carbocycles. The van der Waals surface area contributed by atoms with E-state index in [0.717, 1.165) is 32.1 Å². The molecule has 1 amide bonds. The highest BCUT2D eigenvalue weighted by molar-refractivity contribution is 14.1. The Labute approximate surface area is 201 Å². The van der Waals surface area contributed by atoms with Gasteiger partial charge in [0.25, 0.3) is 0 Å². The van der Waals surface area contributed by atoms with Gasteiger partial charge in [0.05, 0.1) is 18.1 Å². The maximum absolute atomic E-state index is 13.0. The van der Waals surface area contributed by atoms with E-state index >= 15 is 0 Å². The number of aromatic nitrogens is 1. The number of nitriles is 1. The average Bonchev–Trinajstić information content (AvgIpc) is 3.27. The predicted molar refractivity (Wildman–Crippen MR) is 124 cm³/mol. The Morgan fingerprint density at radius 2 is 2.22 bits per heavy atom. The number of pyridine rings is 1. The molecule has 0 aromatic carbocycles. The van der Waals surface area contributed by atoms with Gasteiger partial charge in [-0.25, -0.2) is 9.78 Å². The summed E-state index contributed by atoms with van der Waals surface area (Å²) in [6.07, 6.45) is 5.71. The Bertz CT molecular complexity index is 968. The van der Waals surface area contributed by atoms with Gasteiger partial charge in [0.1, 0.15) is 18.0 Å². The molecule has 4 saturated carbocycles. The fraction of sp³-hybridized carbons (Fsp3) is 0.652. The number of nitrogens with zero attached hydrogens (tertiary/aromatic N) is 3. The zero-order valence-electron chi connectivity index (χ0n) is 18.0. The van der Waals surface area contributed by atoms with Crippen LogP contribution in [0, 0.1) is 34.5 Å². The third-order valence-corrected chi connectivity index (χ3v) is 9.97. The van der Waals surface area contributed by atoms with Crippen molar-refractivity contribution in [3.8, 4) is 6.07 Å². The Morgan fingerprint density at radius 1 is 1.38 bits per heavy atom. The molecule has 0 radical (unpaired) electrons. The van der Waals surface area contributed by atoms with Gasteiger partial charge in [0.15, 0.2) is 0 Å². The number of anilines is 1. The topological polar surface area (TPSA) is 105 Å². The van der Waals surface area contributed by atoms with Crippen LogP contribution in [-0.2, 0) is 14.3 Å². The van der Waals surface area contributed by atoms with Crippen molar-refractivity contribution in [2.24, 2.45) is 23.2 Å². The van der Waals surface area contributed by atoms with Crippen LogP contribution in [0.15, 0.2) is 18.3 Å². The van der Waals surface area contributed by atoms with E-state index in [0.29, 0.717) is 30.4 Å². The van der Waals surface area contributed by atoms with Gasteiger partial charge in [-0.2, -0.15) is 5.26 Å². The largest absolute Gasteiger partial charge is 0.469 e. The fourth-order valence-corrected chi connectivity index (χ4v) is 8.05. The number of esters is 1. The van der Waals surface area contributed by atoms with Gasteiger partial charge in [0, 0.05) is 35.2 Å². The van der Waals surface area contributed by atoms with Crippen LogP contribution in [0.1, 0.15) is 37.7 Å². The number of alkyl halides is 1. The molecule has 1 N–H and O–H groups in total. The van der Waals surface area contributed by atoms with Gasteiger partial charge in [-0.3, -0.25) is 4.79 Å². The van der Waals surface area contributed by atoms with Crippen LogP contribution in [0.4, 0.5) is 10.6 Å². The molecule has 7 unspecified atom stereocenters. The molecule has 1 aromatic rings. The van der Waals surface area contributed by atoms with Crippen molar-refractivity contribution in [3.63, 3.8) is 0 Å². The first kappa shape index (κ1) is 21.7. The summed E-state index contributed by atoms with van der Waals surface area (Å²) in [5.74, 6) is 1.41. The lowest BCUT2D eigenvalue weighted by molar-refractivity contribution is -0.178. The summed E-state index contributed by atoms with van der Waals surface area (Å²) >= 11 is 2.40. The highest BCUT2D eigenvalue weighted by Gasteiger charge is 2.65. The van der Waals surface area contributed by atoms with E-state index < -0.39 is 5.41 Å². The lowest BCUT2D eigenvalue weighted by Crippen LogP contribution is -2.63. The molecule has 4 bridgehead atoms. The molecule has 2 heterocycles. The van der Waals surface area contributed by atoms with Crippen molar-refractivity contribution < 1.29 is 19.1 Å². The Morgan fingerprint density at radius 3 is 3.00 bits per heavy atom. The van der Waals surface area contributed by atoms with Crippen LogP contribution in [0.25, 0.3) is 0 Å². The number of carbonyl (C=O) groups excluding carboxylic acids is 2. The maximum Gasteiger partial charge on any atom is 0.410 e. The van der Waals surface area contributed by atoms with Gasteiger partial charge in [0.2, 0.25) is 0 Å². The van der Waals surface area contributed by atoms with Crippen LogP contribution in [0.5, 0.6) is 0 Å². The lowest BCUT2D eigenvalue weighted by atomic mass is 9.48. The molecule has 5 fully saturated rings. The van der Waals surface area contributed by atoms with Crippen molar-refractivity contribution >= 4 is 40.5 Å². The number of likely N-dealkylation sites (tertiary alicyclic amines) is 1. The Balaban J connectivity index is 1.23. The van der Waals surface area contributed by atoms with E-state index in [1.165, 1.54) is 7.11 Å². The van der Waals surface area contributed by atoms with E-state index in [4.69, 9.17) is 9.47 Å². The number of rotatable bonds is 4. The van der Waals surface area contributed by atoms with E-state index in [-0.39, 0.29) is 40.0 Å². The number of hydrogen-bond acceptors (Lipinski definition) is 7. The molecule has 6 rings (SSSR count). The summed E-state index contributed by atoms with van der Waals surface area (Å²) in [5, 5.41) is 12.6. The van der Waals surface area contributed by atoms with E-state index in [1.54, 1.807) is 23.2 Å². The summed E-state index contributed by atoms with van der Waals surface area (Å²) in [4.78, 5) is 31.7. The van der Waals surface area contributed by atoms with E-state index in [9.17, 15) is 14.9 Å². The van der Waals surface area contributed by atoms with Crippen molar-refractivity contribution in [2.45, 2.75) is 48.2 Å². The van der Waals surface area contributed by atoms with Crippen LogP contribution in [-0.4, -0.2) is 58.2 Å². The van der Waals surface area contributed by atoms with Crippen LogP contribution >= 0.6 is 22.6 Å². The molecule has 7 atom stereocenters. The van der Waals surface area contributed by atoms with Crippen LogP contribution in [0.2, 0.25) is 0 Å². The van der Waals surface area contributed by atoms with Crippen LogP contribution < -0.4 is 5.32 Å². The summed E-state index contributed by atoms with van der Waals surface area (Å²) in [6, 6.07) is 5.63. The first-order valence-corrected chi connectivity index (χ1v) is 12.5. The standard InChI is InChI=1S/C23H27IN4O4/c1-31-21(29)23-9-13-7-15(10-23)18(17(8-13)19(23)24)32-22(30)28-6-4-16(12-28)27-20-14(11-25)3-2-5-26-20/h2-3,5,13,15-19H,4,6-10,12H2,1H3,(H,26,27). The number of ether oxygens (including phenoxy) is 2. The van der Waals surface area contributed by atoms with Gasteiger partial charge >= 0.3 is 12.1 Å². The lowest BCUT2D eigenvalue weighted by Gasteiger charge is -2.60. The van der Waals surface area contributed by atoms with Crippen molar-refractivity contribution in [1.29, 1.82) is 5.26 Å². The molecule has 1 aromatic heterocycles. The summed E-state index contributed by atoms with van der Waals surface area (Å²) in [5.41, 5.74) is 0.0770. The first-order chi connectivity index (χ1) is 15.4. The highest BCUT2D eigenvalue weighted by atomic mass is 127. The molecular formula is C23H27IN4O4. The van der Waals surface area contributed by atoms with Gasteiger partial charge in [-0.05, 0) is 56.1 Å². The van der Waals surface area contributed by atoms with Gasteiger partial charge in [-0.15, -0.1) is 0 Å². The Kier molecular flexibility index (Phi) is 5.68. The molecule has 0 spiro atoms. The number of nitrogens with one attached hydrogen (secondary N) is 1. The predicted octanol–water partition coefficient (Wildman–Crippen LogP) is 3.36. The Hall–Kier alpha value is -2.09. The zero-order valence-corrected chi connectivity index (χ0v) is 20.2.